The van der Waals surface area contributed by atoms with Gasteiger partial charge in [0.25, 0.3) is 5.91 Å². The third-order valence-electron chi connectivity index (χ3n) is 5.32. The van der Waals surface area contributed by atoms with Crippen LogP contribution in [0, 0.1) is 11.7 Å². The maximum absolute atomic E-state index is 13.2. The number of hydrogen-bond donors (Lipinski definition) is 1. The van der Waals surface area contributed by atoms with E-state index in [1.165, 1.54) is 17.0 Å². The van der Waals surface area contributed by atoms with Crippen molar-refractivity contribution in [3.8, 4) is 5.75 Å². The zero-order valence-electron chi connectivity index (χ0n) is 19.0. The van der Waals surface area contributed by atoms with Crippen molar-refractivity contribution < 1.29 is 23.8 Å². The van der Waals surface area contributed by atoms with Crippen LogP contribution in [0.2, 0.25) is 0 Å². The summed E-state index contributed by atoms with van der Waals surface area (Å²) in [6, 6.07) is 12.7. The lowest BCUT2D eigenvalue weighted by atomic mass is 9.92. The van der Waals surface area contributed by atoms with Crippen LogP contribution in [0.4, 0.5) is 4.39 Å². The Morgan fingerprint density at radius 2 is 1.69 bits per heavy atom. The highest BCUT2D eigenvalue weighted by atomic mass is 19.1. The second-order valence-corrected chi connectivity index (χ2v) is 8.80. The van der Waals surface area contributed by atoms with Crippen LogP contribution in [0.3, 0.4) is 0 Å². The molecule has 0 radical (unpaired) electrons. The minimum absolute atomic E-state index is 0.0215. The molecule has 0 spiro atoms. The molecule has 0 saturated heterocycles. The molecule has 0 bridgehead atoms. The Bertz CT molecular complexity index is 993. The molecule has 3 rings (SSSR count). The van der Waals surface area contributed by atoms with Crippen LogP contribution in [-0.2, 0) is 16.0 Å². The van der Waals surface area contributed by atoms with E-state index in [4.69, 9.17) is 4.74 Å². The second-order valence-electron chi connectivity index (χ2n) is 8.80. The van der Waals surface area contributed by atoms with Gasteiger partial charge in [-0.05, 0) is 61.6 Å². The van der Waals surface area contributed by atoms with Gasteiger partial charge in [-0.3, -0.25) is 9.59 Å². The Kier molecular flexibility index (Phi) is 7.33. The first kappa shape index (κ1) is 23.5. The Balaban J connectivity index is 1.92. The highest BCUT2D eigenvalue weighted by Gasteiger charge is 2.43. The highest BCUT2D eigenvalue weighted by Crippen LogP contribution is 2.39. The molecule has 170 valence electrons. The Labute approximate surface area is 188 Å². The maximum Gasteiger partial charge on any atom is 0.290 e. The molecule has 6 heteroatoms. The molecule has 32 heavy (non-hydrogen) atoms. The Morgan fingerprint density at radius 1 is 1.06 bits per heavy atom. The van der Waals surface area contributed by atoms with Gasteiger partial charge in [-0.15, -0.1) is 0 Å². The minimum atomic E-state index is -0.678. The molecule has 1 heterocycles. The number of aliphatic hydroxyl groups is 1. The summed E-state index contributed by atoms with van der Waals surface area (Å²) in [6.07, 6.45) is 0.729. The normalized spacial score (nSPS) is 16.4. The number of carbonyl (C=O) groups excluding carboxylic acids is 2. The second kappa shape index (κ2) is 9.98. The largest absolute Gasteiger partial charge is 0.503 e. The molecule has 1 aliphatic heterocycles. The number of halogens is 1. The van der Waals surface area contributed by atoms with Crippen molar-refractivity contribution in [2.45, 2.75) is 52.7 Å². The van der Waals surface area contributed by atoms with E-state index in [9.17, 15) is 19.1 Å². The fourth-order valence-electron chi connectivity index (χ4n) is 3.90. The van der Waals surface area contributed by atoms with Gasteiger partial charge in [-0.2, -0.15) is 0 Å². The Hall–Kier alpha value is -3.15. The van der Waals surface area contributed by atoms with E-state index in [-0.39, 0.29) is 42.2 Å². The number of hydrogen-bond acceptors (Lipinski definition) is 4. The number of nitrogens with zero attached hydrogens (tertiary/aromatic N) is 1. The van der Waals surface area contributed by atoms with Crippen molar-refractivity contribution >= 4 is 11.7 Å². The molecule has 2 aromatic rings. The van der Waals surface area contributed by atoms with E-state index in [2.05, 4.69) is 0 Å². The van der Waals surface area contributed by atoms with E-state index in [0.717, 1.165) is 11.1 Å². The Morgan fingerprint density at radius 3 is 2.25 bits per heavy atom. The number of carbonyl (C=O) groups is 2. The summed E-state index contributed by atoms with van der Waals surface area (Å²) in [7, 11) is 0. The van der Waals surface area contributed by atoms with Gasteiger partial charge in [-0.25, -0.2) is 4.39 Å². The number of amides is 1. The van der Waals surface area contributed by atoms with Crippen LogP contribution in [0.15, 0.2) is 59.9 Å². The number of rotatable bonds is 9. The molecule has 2 aromatic carbocycles. The molecule has 1 N–H and O–H groups in total. The van der Waals surface area contributed by atoms with Crippen molar-refractivity contribution in [1.29, 1.82) is 0 Å². The van der Waals surface area contributed by atoms with Crippen LogP contribution in [-0.4, -0.2) is 34.3 Å². The first-order valence-corrected chi connectivity index (χ1v) is 11.0. The number of aliphatic hydroxyl groups excluding tert-OH is 1. The van der Waals surface area contributed by atoms with Crippen molar-refractivity contribution in [1.82, 2.24) is 4.90 Å². The molecule has 5 nitrogen and oxygen atoms in total. The van der Waals surface area contributed by atoms with Crippen LogP contribution in [0.1, 0.15) is 51.3 Å². The van der Waals surface area contributed by atoms with Gasteiger partial charge in [0.15, 0.2) is 11.5 Å². The number of Topliss-reactive ketones (excluding diaryl/α,β-unsaturated/α-hetero) is 1. The van der Waals surface area contributed by atoms with Crippen LogP contribution in [0.5, 0.6) is 5.75 Å². The lowest BCUT2D eigenvalue weighted by Gasteiger charge is -2.27. The SMILES string of the molecule is CC(C)CC(=O)C1=C(O)C(=O)N(CCc2ccc(F)cc2)C1c1ccc(OC(C)C)cc1. The fraction of sp³-hybridized carbons (Fsp3) is 0.385. The topological polar surface area (TPSA) is 66.8 Å². The molecule has 1 unspecified atom stereocenters. The van der Waals surface area contributed by atoms with E-state index in [0.29, 0.717) is 12.2 Å². The zero-order valence-corrected chi connectivity index (χ0v) is 19.0. The number of ketones is 1. The van der Waals surface area contributed by atoms with Gasteiger partial charge >= 0.3 is 0 Å². The van der Waals surface area contributed by atoms with Crippen LogP contribution < -0.4 is 4.74 Å². The summed E-state index contributed by atoms with van der Waals surface area (Å²) < 4.78 is 18.9. The third kappa shape index (κ3) is 5.36. The number of ether oxygens (including phenoxy) is 1. The quantitative estimate of drug-likeness (QED) is 0.586. The molecular weight excluding hydrogens is 409 g/mol. The van der Waals surface area contributed by atoms with Crippen LogP contribution in [0.25, 0.3) is 0 Å². The van der Waals surface area contributed by atoms with Gasteiger partial charge in [0.2, 0.25) is 0 Å². The molecule has 1 amide bonds. The molecule has 0 aliphatic carbocycles. The highest BCUT2D eigenvalue weighted by molar-refractivity contribution is 6.09. The van der Waals surface area contributed by atoms with Gasteiger partial charge in [0.05, 0.1) is 17.7 Å². The lowest BCUT2D eigenvalue weighted by Crippen LogP contribution is -2.33. The summed E-state index contributed by atoms with van der Waals surface area (Å²) in [6.45, 7) is 7.99. The molecule has 0 saturated carbocycles. The average molecular weight is 440 g/mol. The van der Waals surface area contributed by atoms with E-state index >= 15 is 0 Å². The van der Waals surface area contributed by atoms with E-state index < -0.39 is 17.7 Å². The van der Waals surface area contributed by atoms with Crippen molar-refractivity contribution in [2.75, 3.05) is 6.54 Å². The smallest absolute Gasteiger partial charge is 0.290 e. The van der Waals surface area contributed by atoms with Gasteiger partial charge < -0.3 is 14.7 Å². The summed E-state index contributed by atoms with van der Waals surface area (Å²) in [5.74, 6) is -0.826. The predicted octanol–water partition coefficient (Wildman–Crippen LogP) is 5.17. The molecule has 1 atom stereocenters. The summed E-state index contributed by atoms with van der Waals surface area (Å²) in [5.41, 5.74) is 1.73. The van der Waals surface area contributed by atoms with Crippen LogP contribution >= 0.6 is 0 Å². The molecule has 0 fully saturated rings. The van der Waals surface area contributed by atoms with E-state index in [1.54, 1.807) is 24.3 Å². The first-order chi connectivity index (χ1) is 15.2. The fourth-order valence-corrected chi connectivity index (χ4v) is 3.90. The molecule has 0 aromatic heterocycles. The minimum Gasteiger partial charge on any atom is -0.503 e. The lowest BCUT2D eigenvalue weighted by molar-refractivity contribution is -0.129. The molecular formula is C26H30FNO4. The molecule has 1 aliphatic rings. The van der Waals surface area contributed by atoms with Gasteiger partial charge in [0, 0.05) is 13.0 Å². The van der Waals surface area contributed by atoms with Crippen molar-refractivity contribution in [3.05, 3.63) is 76.8 Å². The standard InChI is InChI=1S/C26H30FNO4/c1-16(2)15-22(29)23-24(19-7-11-21(12-8-19)32-17(3)4)28(26(31)25(23)30)14-13-18-5-9-20(27)10-6-18/h5-12,16-17,24,30H,13-15H2,1-4H3. The summed E-state index contributed by atoms with van der Waals surface area (Å²) in [4.78, 5) is 27.5. The van der Waals surface area contributed by atoms with Crippen molar-refractivity contribution in [2.24, 2.45) is 5.92 Å². The summed E-state index contributed by atoms with van der Waals surface area (Å²) in [5, 5.41) is 10.6. The van der Waals surface area contributed by atoms with Gasteiger partial charge in [-0.1, -0.05) is 38.1 Å². The average Bonchev–Trinajstić information content (AvgIpc) is 2.98. The predicted molar refractivity (Wildman–Crippen MR) is 121 cm³/mol. The first-order valence-electron chi connectivity index (χ1n) is 11.0. The third-order valence-corrected chi connectivity index (χ3v) is 5.32. The summed E-state index contributed by atoms with van der Waals surface area (Å²) >= 11 is 0. The number of benzene rings is 2. The van der Waals surface area contributed by atoms with Gasteiger partial charge in [0.1, 0.15) is 11.6 Å². The zero-order chi connectivity index (χ0) is 23.4. The maximum atomic E-state index is 13.2. The van der Waals surface area contributed by atoms with E-state index in [1.807, 2.05) is 39.8 Å². The monoisotopic (exact) mass is 439 g/mol. The van der Waals surface area contributed by atoms with Crippen molar-refractivity contribution in [3.63, 3.8) is 0 Å².